The molecule has 0 spiro atoms. The van der Waals surface area contributed by atoms with Gasteiger partial charge in [0.2, 0.25) is 0 Å². The van der Waals surface area contributed by atoms with Crippen molar-refractivity contribution in [3.63, 3.8) is 0 Å². The maximum atomic E-state index is 4.10. The van der Waals surface area contributed by atoms with Gasteiger partial charge in [0, 0.05) is 18.9 Å². The molecule has 1 aromatic rings. The number of aromatic nitrogens is 1. The highest BCUT2D eigenvalue weighted by molar-refractivity contribution is 7.99. The summed E-state index contributed by atoms with van der Waals surface area (Å²) < 4.78 is 0. The monoisotopic (exact) mass is 222 g/mol. The summed E-state index contributed by atoms with van der Waals surface area (Å²) in [6, 6.07) is 2.10. The van der Waals surface area contributed by atoms with E-state index in [9.17, 15) is 0 Å². The lowest BCUT2D eigenvalue weighted by atomic mass is 10.1. The Kier molecular flexibility index (Phi) is 4.03. The smallest absolute Gasteiger partial charge is 0.0300 e. The fraction of sp³-hybridized carbons (Fsp3) is 0.583. The fourth-order valence-corrected chi connectivity index (χ4v) is 3.14. The van der Waals surface area contributed by atoms with E-state index in [1.165, 1.54) is 29.1 Å². The largest absolute Gasteiger partial charge is 0.312 e. The molecule has 0 bridgehead atoms. The van der Waals surface area contributed by atoms with Crippen LogP contribution in [0.15, 0.2) is 18.5 Å². The van der Waals surface area contributed by atoms with Crippen molar-refractivity contribution in [1.82, 2.24) is 10.3 Å². The van der Waals surface area contributed by atoms with Crippen molar-refractivity contribution in [1.29, 1.82) is 0 Å². The maximum absolute atomic E-state index is 4.10. The summed E-state index contributed by atoms with van der Waals surface area (Å²) in [6.45, 7) is 4.26. The Balaban J connectivity index is 1.75. The molecule has 82 valence electrons. The molecule has 3 heteroatoms. The Hall–Kier alpha value is -0.540. The minimum absolute atomic E-state index is 0.886. The van der Waals surface area contributed by atoms with Crippen molar-refractivity contribution in [2.75, 3.05) is 18.1 Å². The second-order valence-electron chi connectivity index (χ2n) is 4.16. The van der Waals surface area contributed by atoms with Gasteiger partial charge in [-0.05, 0) is 54.5 Å². The van der Waals surface area contributed by atoms with Gasteiger partial charge in [0.05, 0.1) is 0 Å². The Labute approximate surface area is 95.9 Å². The summed E-state index contributed by atoms with van der Waals surface area (Å²) >= 11 is 2.08. The van der Waals surface area contributed by atoms with E-state index in [-0.39, 0.29) is 0 Å². The lowest BCUT2D eigenvalue weighted by Crippen LogP contribution is -2.22. The van der Waals surface area contributed by atoms with Crippen LogP contribution >= 0.6 is 11.8 Å². The normalized spacial score (nSPS) is 20.7. The molecule has 2 heterocycles. The SMILES string of the molecule is Cc1cnccc1CNCC1CCSC1. The molecule has 15 heavy (non-hydrogen) atoms. The van der Waals surface area contributed by atoms with Gasteiger partial charge < -0.3 is 5.32 Å². The molecule has 0 aliphatic carbocycles. The van der Waals surface area contributed by atoms with Crippen LogP contribution in [0.2, 0.25) is 0 Å². The zero-order valence-corrected chi connectivity index (χ0v) is 10.0. The van der Waals surface area contributed by atoms with Crippen LogP contribution in [-0.2, 0) is 6.54 Å². The molecule has 1 fully saturated rings. The highest BCUT2D eigenvalue weighted by Gasteiger charge is 2.14. The highest BCUT2D eigenvalue weighted by atomic mass is 32.2. The van der Waals surface area contributed by atoms with Gasteiger partial charge in [0.1, 0.15) is 0 Å². The summed E-state index contributed by atoms with van der Waals surface area (Å²) in [6.07, 6.45) is 5.19. The number of hydrogen-bond acceptors (Lipinski definition) is 3. The van der Waals surface area contributed by atoms with Crippen molar-refractivity contribution in [3.05, 3.63) is 29.6 Å². The van der Waals surface area contributed by atoms with Crippen molar-refractivity contribution in [2.24, 2.45) is 5.92 Å². The highest BCUT2D eigenvalue weighted by Crippen LogP contribution is 2.22. The fourth-order valence-electron chi connectivity index (χ4n) is 1.86. The molecule has 1 saturated heterocycles. The number of aryl methyl sites for hydroxylation is 1. The van der Waals surface area contributed by atoms with Crippen molar-refractivity contribution >= 4 is 11.8 Å². The van der Waals surface area contributed by atoms with Gasteiger partial charge in [-0.3, -0.25) is 4.98 Å². The molecule has 0 amide bonds. The predicted molar refractivity (Wildman–Crippen MR) is 66.1 cm³/mol. The second-order valence-corrected chi connectivity index (χ2v) is 5.31. The number of nitrogens with one attached hydrogen (secondary N) is 1. The van der Waals surface area contributed by atoms with Crippen LogP contribution in [0.4, 0.5) is 0 Å². The van der Waals surface area contributed by atoms with Crippen LogP contribution in [0.25, 0.3) is 0 Å². The summed E-state index contributed by atoms with van der Waals surface area (Å²) in [4.78, 5) is 4.10. The topological polar surface area (TPSA) is 24.9 Å². The third-order valence-corrected chi connectivity index (χ3v) is 4.14. The van der Waals surface area contributed by atoms with Gasteiger partial charge in [0.25, 0.3) is 0 Å². The van der Waals surface area contributed by atoms with Gasteiger partial charge in [0.15, 0.2) is 0 Å². The van der Waals surface area contributed by atoms with E-state index in [2.05, 4.69) is 35.1 Å². The Morgan fingerprint density at radius 2 is 2.53 bits per heavy atom. The van der Waals surface area contributed by atoms with Gasteiger partial charge in [-0.2, -0.15) is 11.8 Å². The predicted octanol–water partition coefficient (Wildman–Crippen LogP) is 2.23. The van der Waals surface area contributed by atoms with Crippen LogP contribution in [0.1, 0.15) is 17.5 Å². The molecule has 1 aliphatic rings. The summed E-state index contributed by atoms with van der Waals surface area (Å²) in [5.41, 5.74) is 2.65. The minimum atomic E-state index is 0.886. The maximum Gasteiger partial charge on any atom is 0.0300 e. The van der Waals surface area contributed by atoms with Gasteiger partial charge in [-0.1, -0.05) is 0 Å². The molecule has 0 radical (unpaired) electrons. The quantitative estimate of drug-likeness (QED) is 0.845. The summed E-state index contributed by atoms with van der Waals surface area (Å²) in [7, 11) is 0. The average molecular weight is 222 g/mol. The van der Waals surface area contributed by atoms with Crippen molar-refractivity contribution in [3.8, 4) is 0 Å². The lowest BCUT2D eigenvalue weighted by molar-refractivity contribution is 0.522. The van der Waals surface area contributed by atoms with Crippen molar-refractivity contribution in [2.45, 2.75) is 19.9 Å². The number of rotatable bonds is 4. The van der Waals surface area contributed by atoms with E-state index in [4.69, 9.17) is 0 Å². The van der Waals surface area contributed by atoms with Crippen LogP contribution in [0, 0.1) is 12.8 Å². The standard InChI is InChI=1S/C12H18N2S/c1-10-6-13-4-2-12(10)8-14-7-11-3-5-15-9-11/h2,4,6,11,14H,3,5,7-9H2,1H3. The third-order valence-electron chi connectivity index (χ3n) is 2.91. The molecule has 1 aliphatic heterocycles. The molecule has 0 saturated carbocycles. The van der Waals surface area contributed by atoms with Crippen molar-refractivity contribution < 1.29 is 0 Å². The molecule has 1 unspecified atom stereocenters. The van der Waals surface area contributed by atoms with E-state index >= 15 is 0 Å². The van der Waals surface area contributed by atoms with Crippen LogP contribution < -0.4 is 5.32 Å². The zero-order valence-electron chi connectivity index (χ0n) is 9.20. The average Bonchev–Trinajstić information content (AvgIpc) is 2.74. The van der Waals surface area contributed by atoms with E-state index in [0.29, 0.717) is 0 Å². The first-order valence-electron chi connectivity index (χ1n) is 5.54. The van der Waals surface area contributed by atoms with E-state index in [0.717, 1.165) is 19.0 Å². The number of hydrogen-bond donors (Lipinski definition) is 1. The lowest BCUT2D eigenvalue weighted by Gasteiger charge is -2.10. The van der Waals surface area contributed by atoms with Gasteiger partial charge in [-0.25, -0.2) is 0 Å². The molecule has 2 nitrogen and oxygen atoms in total. The zero-order chi connectivity index (χ0) is 10.5. The molecular weight excluding hydrogens is 204 g/mol. The number of thioether (sulfide) groups is 1. The molecule has 2 rings (SSSR count). The van der Waals surface area contributed by atoms with Crippen LogP contribution in [0.5, 0.6) is 0 Å². The molecule has 1 atom stereocenters. The number of pyridine rings is 1. The molecule has 0 aromatic carbocycles. The summed E-state index contributed by atoms with van der Waals surface area (Å²) in [5, 5.41) is 3.54. The Bertz CT molecular complexity index is 308. The molecule has 1 aromatic heterocycles. The first-order chi connectivity index (χ1) is 7.36. The first-order valence-corrected chi connectivity index (χ1v) is 6.69. The van der Waals surface area contributed by atoms with E-state index < -0.39 is 0 Å². The Morgan fingerprint density at radius 3 is 3.27 bits per heavy atom. The molecular formula is C12H18N2S. The molecule has 1 N–H and O–H groups in total. The van der Waals surface area contributed by atoms with Crippen LogP contribution in [-0.4, -0.2) is 23.0 Å². The Morgan fingerprint density at radius 1 is 1.60 bits per heavy atom. The van der Waals surface area contributed by atoms with Gasteiger partial charge in [-0.15, -0.1) is 0 Å². The van der Waals surface area contributed by atoms with Gasteiger partial charge >= 0.3 is 0 Å². The number of nitrogens with zero attached hydrogens (tertiary/aromatic N) is 1. The minimum Gasteiger partial charge on any atom is -0.312 e. The van der Waals surface area contributed by atoms with E-state index in [1.54, 1.807) is 0 Å². The summed E-state index contributed by atoms with van der Waals surface area (Å²) in [5.74, 6) is 3.57. The van der Waals surface area contributed by atoms with Crippen LogP contribution in [0.3, 0.4) is 0 Å². The second kappa shape index (κ2) is 5.52. The van der Waals surface area contributed by atoms with E-state index in [1.807, 2.05) is 12.4 Å². The third kappa shape index (κ3) is 3.21. The first kappa shape index (κ1) is 11.0.